The van der Waals surface area contributed by atoms with Crippen LogP contribution in [0.2, 0.25) is 0 Å². The standard InChI is InChI=1S/C22H32N6O/c1-4-5-10-22(24-25-22)11-9-21(29)23-19-7-6-8-20(18-19)28-16-14-27(15-17-28)13-12-26(2)3/h1,6-8,18H,5,9-17H2,2-3H3,(H,23,29). The summed E-state index contributed by atoms with van der Waals surface area (Å²) < 4.78 is 0. The Hall–Kier alpha value is -2.43. The van der Waals surface area contributed by atoms with Crippen LogP contribution in [0, 0.1) is 12.3 Å². The fraction of sp³-hybridized carbons (Fsp3) is 0.591. The maximum absolute atomic E-state index is 12.4. The molecule has 2 aliphatic rings. The minimum atomic E-state index is -0.405. The highest BCUT2D eigenvalue weighted by atomic mass is 16.1. The molecule has 1 fully saturated rings. The van der Waals surface area contributed by atoms with Gasteiger partial charge in [0.05, 0.1) is 0 Å². The van der Waals surface area contributed by atoms with Gasteiger partial charge in [0.25, 0.3) is 0 Å². The van der Waals surface area contributed by atoms with Crippen LogP contribution in [0.25, 0.3) is 0 Å². The van der Waals surface area contributed by atoms with Crippen LogP contribution in [0.4, 0.5) is 11.4 Å². The molecule has 2 heterocycles. The molecule has 1 amide bonds. The molecule has 0 aliphatic carbocycles. The van der Waals surface area contributed by atoms with Crippen molar-refractivity contribution in [3.8, 4) is 12.3 Å². The van der Waals surface area contributed by atoms with Crippen LogP contribution < -0.4 is 10.2 Å². The minimum absolute atomic E-state index is 0.00645. The Morgan fingerprint density at radius 2 is 2.00 bits per heavy atom. The molecule has 0 spiro atoms. The predicted molar refractivity (Wildman–Crippen MR) is 117 cm³/mol. The van der Waals surface area contributed by atoms with Gasteiger partial charge in [0.2, 0.25) is 5.91 Å². The van der Waals surface area contributed by atoms with Crippen LogP contribution in [0.3, 0.4) is 0 Å². The molecule has 3 rings (SSSR count). The number of nitrogens with one attached hydrogen (secondary N) is 1. The third-order valence-corrected chi connectivity index (χ3v) is 5.54. The first-order chi connectivity index (χ1) is 14.0. The van der Waals surface area contributed by atoms with Crippen LogP contribution in [0.15, 0.2) is 34.5 Å². The van der Waals surface area contributed by atoms with Gasteiger partial charge in [0, 0.05) is 76.3 Å². The van der Waals surface area contributed by atoms with Gasteiger partial charge >= 0.3 is 0 Å². The zero-order valence-electron chi connectivity index (χ0n) is 17.6. The average Bonchev–Trinajstić information content (AvgIpc) is 3.50. The van der Waals surface area contributed by atoms with Crippen LogP contribution in [0.5, 0.6) is 0 Å². The van der Waals surface area contributed by atoms with Gasteiger partial charge in [0.1, 0.15) is 0 Å². The molecule has 0 radical (unpaired) electrons. The Kier molecular flexibility index (Phi) is 7.24. The molecule has 0 atom stereocenters. The molecule has 0 unspecified atom stereocenters. The fourth-order valence-electron chi connectivity index (χ4n) is 3.56. The third-order valence-electron chi connectivity index (χ3n) is 5.54. The lowest BCUT2D eigenvalue weighted by Crippen LogP contribution is -2.48. The summed E-state index contributed by atoms with van der Waals surface area (Å²) >= 11 is 0. The lowest BCUT2D eigenvalue weighted by Gasteiger charge is -2.36. The molecule has 0 saturated carbocycles. The SMILES string of the molecule is C#CCCC1(CCC(=O)Nc2cccc(N3CCN(CCN(C)C)CC3)c2)N=N1. The summed E-state index contributed by atoms with van der Waals surface area (Å²) in [5.41, 5.74) is 1.59. The van der Waals surface area contributed by atoms with Crippen LogP contribution >= 0.6 is 0 Å². The number of rotatable bonds is 10. The van der Waals surface area contributed by atoms with Crippen molar-refractivity contribution in [2.45, 2.75) is 31.3 Å². The van der Waals surface area contributed by atoms with Gasteiger partial charge in [0.15, 0.2) is 5.66 Å². The van der Waals surface area contributed by atoms with Crippen LogP contribution in [-0.4, -0.2) is 74.7 Å². The highest BCUT2D eigenvalue weighted by Crippen LogP contribution is 2.37. The molecule has 0 aromatic heterocycles. The van der Waals surface area contributed by atoms with E-state index in [4.69, 9.17) is 6.42 Å². The van der Waals surface area contributed by atoms with Crippen molar-refractivity contribution in [3.63, 3.8) is 0 Å². The largest absolute Gasteiger partial charge is 0.369 e. The summed E-state index contributed by atoms with van der Waals surface area (Å²) in [6.45, 7) is 6.34. The van der Waals surface area contributed by atoms with E-state index in [1.807, 2.05) is 12.1 Å². The number of likely N-dealkylation sites (N-methyl/N-ethyl adjacent to an activating group) is 1. The second kappa shape index (κ2) is 9.86. The molecule has 156 valence electrons. The maximum Gasteiger partial charge on any atom is 0.224 e. The van der Waals surface area contributed by atoms with Gasteiger partial charge in [-0.05, 0) is 32.3 Å². The molecule has 1 aromatic carbocycles. The number of carbonyl (C=O) groups is 1. The number of terminal acetylenes is 1. The fourth-order valence-corrected chi connectivity index (χ4v) is 3.56. The lowest BCUT2D eigenvalue weighted by molar-refractivity contribution is -0.116. The topological polar surface area (TPSA) is 63.5 Å². The lowest BCUT2D eigenvalue weighted by atomic mass is 10.0. The Labute approximate surface area is 174 Å². The number of hydrogen-bond acceptors (Lipinski definition) is 6. The molecule has 29 heavy (non-hydrogen) atoms. The second-order valence-corrected chi connectivity index (χ2v) is 8.12. The van der Waals surface area contributed by atoms with E-state index in [0.717, 1.165) is 57.1 Å². The number of benzene rings is 1. The first-order valence-electron chi connectivity index (χ1n) is 10.4. The average molecular weight is 397 g/mol. The molecule has 1 N–H and O–H groups in total. The van der Waals surface area contributed by atoms with Crippen molar-refractivity contribution < 1.29 is 4.79 Å². The van der Waals surface area contributed by atoms with E-state index in [1.54, 1.807) is 0 Å². The number of amides is 1. The van der Waals surface area contributed by atoms with Gasteiger partial charge < -0.3 is 15.1 Å². The molecule has 1 aromatic rings. The summed E-state index contributed by atoms with van der Waals surface area (Å²) in [5.74, 6) is 2.61. The Morgan fingerprint density at radius 1 is 1.24 bits per heavy atom. The smallest absolute Gasteiger partial charge is 0.224 e. The highest BCUT2D eigenvalue weighted by Gasteiger charge is 2.39. The van der Waals surface area contributed by atoms with Crippen molar-refractivity contribution in [3.05, 3.63) is 24.3 Å². The monoisotopic (exact) mass is 396 g/mol. The number of anilines is 2. The van der Waals surface area contributed by atoms with Gasteiger partial charge in [-0.25, -0.2) is 0 Å². The normalized spacial score (nSPS) is 17.9. The summed E-state index contributed by atoms with van der Waals surface area (Å²) in [6.07, 6.45) is 7.69. The maximum atomic E-state index is 12.4. The van der Waals surface area contributed by atoms with E-state index >= 15 is 0 Å². The second-order valence-electron chi connectivity index (χ2n) is 8.12. The number of carbonyl (C=O) groups excluding carboxylic acids is 1. The Morgan fingerprint density at radius 3 is 2.66 bits per heavy atom. The number of piperazine rings is 1. The van der Waals surface area contributed by atoms with E-state index in [1.165, 1.54) is 0 Å². The van der Waals surface area contributed by atoms with Crippen molar-refractivity contribution >= 4 is 17.3 Å². The molecule has 0 bridgehead atoms. The number of nitrogens with zero attached hydrogens (tertiary/aromatic N) is 5. The molecule has 7 nitrogen and oxygen atoms in total. The van der Waals surface area contributed by atoms with Crippen LogP contribution in [-0.2, 0) is 4.79 Å². The summed E-state index contributed by atoms with van der Waals surface area (Å²) in [4.78, 5) is 19.5. The van der Waals surface area contributed by atoms with Crippen molar-refractivity contribution in [2.75, 3.05) is 63.6 Å². The van der Waals surface area contributed by atoms with Crippen molar-refractivity contribution in [2.24, 2.45) is 10.2 Å². The first-order valence-corrected chi connectivity index (χ1v) is 10.4. The van der Waals surface area contributed by atoms with E-state index in [2.05, 4.69) is 62.4 Å². The molecule has 2 aliphatic heterocycles. The quantitative estimate of drug-likeness (QED) is 0.618. The highest BCUT2D eigenvalue weighted by molar-refractivity contribution is 5.91. The van der Waals surface area contributed by atoms with Gasteiger partial charge in [-0.2, -0.15) is 10.2 Å². The molecule has 1 saturated heterocycles. The zero-order valence-corrected chi connectivity index (χ0v) is 17.6. The van der Waals surface area contributed by atoms with Gasteiger partial charge in [-0.1, -0.05) is 6.07 Å². The number of hydrogen-bond donors (Lipinski definition) is 1. The predicted octanol–water partition coefficient (Wildman–Crippen LogP) is 2.66. The Balaban J connectivity index is 1.45. The minimum Gasteiger partial charge on any atom is -0.369 e. The van der Waals surface area contributed by atoms with E-state index in [9.17, 15) is 4.79 Å². The molecular formula is C22H32N6O. The van der Waals surface area contributed by atoms with E-state index in [0.29, 0.717) is 19.3 Å². The summed E-state index contributed by atoms with van der Waals surface area (Å²) in [7, 11) is 4.23. The van der Waals surface area contributed by atoms with E-state index in [-0.39, 0.29) is 5.91 Å². The third kappa shape index (κ3) is 6.55. The molecular weight excluding hydrogens is 364 g/mol. The van der Waals surface area contributed by atoms with Gasteiger partial charge in [-0.15, -0.1) is 12.3 Å². The van der Waals surface area contributed by atoms with Crippen molar-refractivity contribution in [1.29, 1.82) is 0 Å². The zero-order chi connectivity index (χ0) is 20.7. The first kappa shape index (κ1) is 21.3. The molecule has 7 heteroatoms. The van der Waals surface area contributed by atoms with E-state index < -0.39 is 5.66 Å². The van der Waals surface area contributed by atoms with Crippen LogP contribution in [0.1, 0.15) is 25.7 Å². The van der Waals surface area contributed by atoms with Gasteiger partial charge in [-0.3, -0.25) is 9.69 Å². The summed E-state index contributed by atoms with van der Waals surface area (Å²) in [6, 6.07) is 8.12. The Bertz CT molecular complexity index is 755. The summed E-state index contributed by atoms with van der Waals surface area (Å²) in [5, 5.41) is 11.2. The van der Waals surface area contributed by atoms with Crippen molar-refractivity contribution in [1.82, 2.24) is 9.80 Å².